The molecule has 718 valence electrons. The van der Waals surface area contributed by atoms with Crippen LogP contribution in [0, 0.1) is 29.0 Å². The van der Waals surface area contributed by atoms with Crippen LogP contribution in [0.5, 0.6) is 0 Å². The third-order valence-electron chi connectivity index (χ3n) is 23.4. The number of carboxylic acids is 1. The number of para-hydroxylation sites is 1. The van der Waals surface area contributed by atoms with E-state index in [-0.39, 0.29) is 176 Å². The summed E-state index contributed by atoms with van der Waals surface area (Å²) in [6.07, 6.45) is 4.60. The highest BCUT2D eigenvalue weighted by Crippen LogP contribution is 2.52. The van der Waals surface area contributed by atoms with Crippen molar-refractivity contribution >= 4 is 111 Å². The maximum atomic E-state index is 15.4. The van der Waals surface area contributed by atoms with Gasteiger partial charge in [0.2, 0.25) is 41.4 Å². The molecule has 1 aliphatic carbocycles. The number of piperidine rings is 1. The number of primary amides is 1. The number of rotatable bonds is 56. The fourth-order valence-corrected chi connectivity index (χ4v) is 16.5. The van der Waals surface area contributed by atoms with Crippen LogP contribution in [0.3, 0.4) is 0 Å². The lowest BCUT2D eigenvalue weighted by molar-refractivity contribution is -0.147. The number of aromatic nitrogens is 1. The van der Waals surface area contributed by atoms with Gasteiger partial charge in [-0.15, -0.1) is 11.3 Å². The molecule has 0 unspecified atom stereocenters. The topological polar surface area (TPSA) is 463 Å². The molecule has 8 rings (SSSR count). The minimum Gasteiger partial charge on any atom is -0.481 e. The molecule has 36 heteroatoms. The van der Waals surface area contributed by atoms with Gasteiger partial charge in [0.25, 0.3) is 5.91 Å². The zero-order chi connectivity index (χ0) is 95.1. The fraction of sp³-hybridized carbons (Fsp3) is 0.568. The first-order valence-corrected chi connectivity index (χ1v) is 46.6. The first-order chi connectivity index (χ1) is 62.7. The Labute approximate surface area is 771 Å². The lowest BCUT2D eigenvalue weighted by Gasteiger charge is -2.40. The van der Waals surface area contributed by atoms with E-state index in [1.54, 1.807) is 54.0 Å². The number of likely N-dealkylation sites (N-methyl/N-ethyl adjacent to an activating group) is 1. The van der Waals surface area contributed by atoms with E-state index in [0.717, 1.165) is 73.2 Å². The molecule has 14 N–H and O–H groups in total. The molecule has 34 nitrogen and oxygen atoms in total. The zero-order valence-corrected chi connectivity index (χ0v) is 78.2. The van der Waals surface area contributed by atoms with Gasteiger partial charge < -0.3 is 103 Å². The number of nitrogens with zero attached hydrogens (tertiary/aromatic N) is 4. The number of urea groups is 1. The third kappa shape index (κ3) is 34.5. The number of fused-ring (bicyclic) bond motifs is 4. The standard InChI is InChI=1S/C95H136FN15O19S/c1-11-13-14-20-43-110(90(119)84(62(7)12-2)108-87(117)77-28-19-21-42-109(77)10)78(60(3)4)55-79(89-106-75(59-131-89)86(116)104-67(56-95(8,9)91(120)121)52-64-31-34-73(97)72(96)53-64)130-94(124)102-40-39-101-93(123)129-58-63-29-32-66(33-30-63)103-85(115)74(26-22-38-100-92(98)122)105-88(118)83(61(5)6)107-81(113)37-44-125-46-48-127-50-51-128-49-47-126-45-41-99-80(112)35-36-82(114)111-57-65-23-15-16-24-68(65)70-54-71(70)69-25-17-18-27-76(69)111/h15-18,23-25,27,29-34,53,59-62,67,74,77-79,83-84H,11-14,19-22,26,28,35-52,54-58,97H2,1-10H3,(H,99,112)(H,101,123)(H,102,124)(H,103,115)(H,104,116)(H,105,118)(H,107,113)(H,108,117)(H,120,121)(H3,98,100,122)/t62-,67-,74-,77+,78+,79+,83-,84-/m0/s1. The van der Waals surface area contributed by atoms with Crippen LogP contribution in [0.25, 0.3) is 11.1 Å². The summed E-state index contributed by atoms with van der Waals surface area (Å²) in [6.45, 7) is 19.6. The number of carboxylic acid groups (broad SMARTS) is 1. The number of anilines is 3. The number of nitrogens with one attached hydrogen (secondary N) is 9. The molecular formula is C95H136FN15O19S. The molecule has 1 aromatic heterocycles. The number of amides is 12. The van der Waals surface area contributed by atoms with E-state index in [1.807, 2.05) is 70.0 Å². The van der Waals surface area contributed by atoms with Gasteiger partial charge in [0.05, 0.1) is 82.2 Å². The lowest BCUT2D eigenvalue weighted by Crippen LogP contribution is -2.59. The number of nitrogen functional groups attached to an aromatic ring is 1. The number of nitrogens with two attached hydrogens (primary N) is 2. The van der Waals surface area contributed by atoms with Crippen LogP contribution >= 0.6 is 11.3 Å². The molecule has 8 atom stereocenters. The molecule has 4 aromatic carbocycles. The second-order valence-electron chi connectivity index (χ2n) is 34.8. The highest BCUT2D eigenvalue weighted by atomic mass is 32.1. The summed E-state index contributed by atoms with van der Waals surface area (Å²) in [7, 11) is 1.91. The van der Waals surface area contributed by atoms with Gasteiger partial charge in [-0.1, -0.05) is 141 Å². The van der Waals surface area contributed by atoms with Crippen molar-refractivity contribution < 1.29 is 95.5 Å². The van der Waals surface area contributed by atoms with Crippen LogP contribution in [0.15, 0.2) is 96.4 Å². The Morgan fingerprint density at radius 1 is 0.672 bits per heavy atom. The predicted octanol–water partition coefficient (Wildman–Crippen LogP) is 10.5. The predicted molar refractivity (Wildman–Crippen MR) is 496 cm³/mol. The highest BCUT2D eigenvalue weighted by molar-refractivity contribution is 7.09. The van der Waals surface area contributed by atoms with Crippen molar-refractivity contribution in [3.05, 3.63) is 141 Å². The van der Waals surface area contributed by atoms with Crippen LogP contribution in [-0.2, 0) is 86.3 Å². The summed E-state index contributed by atoms with van der Waals surface area (Å²) in [5.41, 5.74) is 17.6. The van der Waals surface area contributed by atoms with Crippen molar-refractivity contribution in [2.45, 2.75) is 227 Å². The number of carbonyl (C=O) groups is 12. The number of hydrogen-bond donors (Lipinski definition) is 12. The Hall–Kier alpha value is -11.2. The highest BCUT2D eigenvalue weighted by Gasteiger charge is 2.41. The van der Waals surface area contributed by atoms with Crippen LogP contribution in [0.2, 0.25) is 0 Å². The molecule has 1 fully saturated rings. The normalized spacial score (nSPS) is 15.2. The van der Waals surface area contributed by atoms with E-state index in [0.29, 0.717) is 62.4 Å². The van der Waals surface area contributed by atoms with Crippen molar-refractivity contribution in [3.8, 4) is 0 Å². The number of likely N-dealkylation sites (tertiary alicyclic amines) is 1. The van der Waals surface area contributed by atoms with Crippen molar-refractivity contribution in [1.82, 2.24) is 57.3 Å². The number of ether oxygens (including phenoxy) is 6. The smallest absolute Gasteiger partial charge is 0.407 e. The average Bonchev–Trinajstić information content (AvgIpc) is 1.59. The molecule has 0 saturated carbocycles. The van der Waals surface area contributed by atoms with Gasteiger partial charge in [0, 0.05) is 87.1 Å². The molecule has 5 aromatic rings. The monoisotopic (exact) mass is 1840 g/mol. The van der Waals surface area contributed by atoms with Crippen LogP contribution in [-0.4, -0.2) is 227 Å². The molecule has 3 aliphatic rings. The van der Waals surface area contributed by atoms with Gasteiger partial charge in [0.1, 0.15) is 41.3 Å². The van der Waals surface area contributed by atoms with Gasteiger partial charge >= 0.3 is 24.2 Å². The second kappa shape index (κ2) is 54.0. The number of hydrogen-bond acceptors (Lipinski definition) is 22. The van der Waals surface area contributed by atoms with E-state index < -0.39 is 107 Å². The van der Waals surface area contributed by atoms with Crippen molar-refractivity contribution in [2.75, 3.05) is 115 Å². The lowest BCUT2D eigenvalue weighted by atomic mass is 9.84. The van der Waals surface area contributed by atoms with Crippen LogP contribution in [0.4, 0.5) is 35.8 Å². The summed E-state index contributed by atoms with van der Waals surface area (Å²) < 4.78 is 48.9. The van der Waals surface area contributed by atoms with Crippen molar-refractivity contribution in [3.63, 3.8) is 0 Å². The Morgan fingerprint density at radius 3 is 2.00 bits per heavy atom. The molecular weight excluding hydrogens is 1710 g/mol. The summed E-state index contributed by atoms with van der Waals surface area (Å²) in [5, 5.41) is 36.7. The summed E-state index contributed by atoms with van der Waals surface area (Å²) in [4.78, 5) is 173. The van der Waals surface area contributed by atoms with Gasteiger partial charge in [-0.3, -0.25) is 48.1 Å². The summed E-state index contributed by atoms with van der Waals surface area (Å²) >= 11 is 1.03. The Bertz CT molecular complexity index is 4650. The molecule has 12 amide bonds. The minimum atomic E-state index is -1.33. The summed E-state index contributed by atoms with van der Waals surface area (Å²) in [6, 6.07) is 20.9. The van der Waals surface area contributed by atoms with Gasteiger partial charge in [-0.05, 0) is 160 Å². The number of carbonyl (C=O) groups excluding carboxylic acids is 11. The maximum absolute atomic E-state index is 15.4. The Kier molecular flexibility index (Phi) is 43.3. The number of benzene rings is 4. The number of halogens is 1. The summed E-state index contributed by atoms with van der Waals surface area (Å²) in [5.74, 6) is -6.00. The van der Waals surface area contributed by atoms with Gasteiger partial charge in [-0.25, -0.2) is 23.8 Å². The number of thiazole rings is 1. The minimum absolute atomic E-state index is 0.00604. The molecule has 3 heterocycles. The Balaban J connectivity index is 0.768. The third-order valence-corrected chi connectivity index (χ3v) is 24.4. The maximum Gasteiger partial charge on any atom is 0.407 e. The molecule has 0 radical (unpaired) electrons. The molecule has 0 bridgehead atoms. The molecule has 0 spiro atoms. The van der Waals surface area contributed by atoms with Crippen molar-refractivity contribution in [1.29, 1.82) is 0 Å². The Morgan fingerprint density at radius 2 is 1.34 bits per heavy atom. The van der Waals surface area contributed by atoms with E-state index >= 15 is 4.79 Å². The second-order valence-corrected chi connectivity index (χ2v) is 35.7. The average molecular weight is 1840 g/mol. The van der Waals surface area contributed by atoms with E-state index in [4.69, 9.17) is 44.9 Å². The fourth-order valence-electron chi connectivity index (χ4n) is 15.6. The number of allylic oxidation sites excluding steroid dienone is 2. The van der Waals surface area contributed by atoms with E-state index in [1.165, 1.54) is 48.1 Å². The quantitative estimate of drug-likeness (QED) is 0.0127. The SMILES string of the molecule is CCCCCCN(C(=O)[C@@H](NC(=O)[C@H]1CCCCN1C)[C@@H](C)CC)[C@H](C[C@@H](OC(=O)NCCNC(=O)OCc1ccc(NC(=O)[C@H](CCCNC(N)=O)NC(=O)[C@@H](NC(=O)CCOCCOCCOCCOCCNC(=O)CCC(=O)N2Cc3ccccc3C3=C(C3)c3ccccc32)C(C)C)cc1)c1nc(C(=O)N[C@@H](Cc2ccc(N)c(F)c2)CC(C)(C)C(=O)O)cs1)C(C)C. The van der Waals surface area contributed by atoms with E-state index in [2.05, 4.69) is 73.0 Å². The molecule has 2 aliphatic heterocycles. The van der Waals surface area contributed by atoms with Crippen LogP contribution < -0.4 is 64.2 Å². The van der Waals surface area contributed by atoms with Gasteiger partial charge in [0.15, 0.2) is 6.10 Å². The first kappa shape index (κ1) is 105. The van der Waals surface area contributed by atoms with E-state index in [9.17, 15) is 62.2 Å². The zero-order valence-electron chi connectivity index (χ0n) is 77.4. The number of unbranched alkanes of at least 4 members (excludes halogenated alkanes) is 3. The molecule has 131 heavy (non-hydrogen) atoms. The number of alkyl carbamates (subject to hydrolysis) is 2. The van der Waals surface area contributed by atoms with Gasteiger partial charge in [-0.2, -0.15) is 0 Å². The van der Waals surface area contributed by atoms with Crippen LogP contribution in [0.1, 0.15) is 214 Å². The van der Waals surface area contributed by atoms with Crippen molar-refractivity contribution in [2.24, 2.45) is 28.9 Å². The number of aliphatic carboxylic acids is 1. The first-order valence-electron chi connectivity index (χ1n) is 45.8. The largest absolute Gasteiger partial charge is 0.481 e. The molecule has 1 saturated heterocycles.